The molecule has 3 aromatic rings. The van der Waals surface area contributed by atoms with Gasteiger partial charge in [-0.05, 0) is 37.0 Å². The van der Waals surface area contributed by atoms with Gasteiger partial charge in [-0.25, -0.2) is 4.79 Å². The number of likely N-dealkylation sites (tertiary alicyclic amines) is 1. The molecule has 0 saturated carbocycles. The van der Waals surface area contributed by atoms with E-state index in [-0.39, 0.29) is 12.5 Å². The average Bonchev–Trinajstić information content (AvgIpc) is 2.78. The Hall–Kier alpha value is -3.41. The molecule has 2 aromatic carbocycles. The van der Waals surface area contributed by atoms with Crippen LogP contribution in [0.5, 0.6) is 0 Å². The van der Waals surface area contributed by atoms with Crippen LogP contribution in [0.2, 0.25) is 0 Å². The Morgan fingerprint density at radius 2 is 1.86 bits per heavy atom. The van der Waals surface area contributed by atoms with E-state index in [2.05, 4.69) is 10.3 Å². The first-order valence-electron chi connectivity index (χ1n) is 9.84. The molecule has 0 radical (unpaired) electrons. The van der Waals surface area contributed by atoms with Crippen molar-refractivity contribution in [3.63, 3.8) is 0 Å². The van der Waals surface area contributed by atoms with Crippen LogP contribution >= 0.6 is 0 Å². The van der Waals surface area contributed by atoms with Crippen molar-refractivity contribution in [3.05, 3.63) is 72.4 Å². The molecule has 2 amide bonds. The number of hydrogen-bond donors (Lipinski definition) is 1. The van der Waals surface area contributed by atoms with Crippen molar-refractivity contribution in [1.82, 2.24) is 9.88 Å². The molecule has 29 heavy (non-hydrogen) atoms. The summed E-state index contributed by atoms with van der Waals surface area (Å²) in [4.78, 5) is 31.6. The van der Waals surface area contributed by atoms with Crippen molar-refractivity contribution in [2.45, 2.75) is 31.9 Å². The fraction of sp³-hybridized carbons (Fsp3) is 0.261. The van der Waals surface area contributed by atoms with Gasteiger partial charge in [-0.1, -0.05) is 48.5 Å². The number of nitrogens with zero attached hydrogens (tertiary/aromatic N) is 2. The second kappa shape index (κ2) is 8.73. The van der Waals surface area contributed by atoms with E-state index < -0.39 is 12.1 Å². The highest BCUT2D eigenvalue weighted by Gasteiger charge is 2.33. The summed E-state index contributed by atoms with van der Waals surface area (Å²) in [5.41, 5.74) is 2.30. The molecule has 1 atom stereocenters. The summed E-state index contributed by atoms with van der Waals surface area (Å²) in [7, 11) is 0. The van der Waals surface area contributed by atoms with Crippen LogP contribution < -0.4 is 5.32 Å². The number of rotatable bonds is 4. The molecular formula is C23H23N3O3. The number of anilines is 1. The maximum absolute atomic E-state index is 13.0. The number of carbonyl (C=O) groups is 2. The van der Waals surface area contributed by atoms with Crippen LogP contribution in [0.15, 0.2) is 66.9 Å². The average molecular weight is 389 g/mol. The van der Waals surface area contributed by atoms with Crippen molar-refractivity contribution in [2.75, 3.05) is 11.9 Å². The van der Waals surface area contributed by atoms with E-state index in [1.165, 1.54) is 0 Å². The third-order valence-electron chi connectivity index (χ3n) is 5.14. The summed E-state index contributed by atoms with van der Waals surface area (Å²) in [6, 6.07) is 18.4. The SMILES string of the molecule is O=C(Nc1cccc2cccnc12)C1CCCCN1C(=O)OCc1ccccc1. The molecule has 1 fully saturated rings. The normalized spacial score (nSPS) is 16.4. The number of para-hydroxylation sites is 1. The second-order valence-corrected chi connectivity index (χ2v) is 7.12. The Morgan fingerprint density at radius 1 is 1.03 bits per heavy atom. The molecule has 1 aliphatic rings. The van der Waals surface area contributed by atoms with E-state index >= 15 is 0 Å². The smallest absolute Gasteiger partial charge is 0.410 e. The van der Waals surface area contributed by atoms with Gasteiger partial charge in [0.2, 0.25) is 5.91 Å². The van der Waals surface area contributed by atoms with E-state index in [0.29, 0.717) is 18.7 Å². The van der Waals surface area contributed by atoms with Crippen LogP contribution in [0.1, 0.15) is 24.8 Å². The topological polar surface area (TPSA) is 71.5 Å². The van der Waals surface area contributed by atoms with Crippen molar-refractivity contribution in [2.24, 2.45) is 0 Å². The molecule has 1 aliphatic heterocycles. The molecule has 0 aliphatic carbocycles. The Morgan fingerprint density at radius 3 is 2.72 bits per heavy atom. The monoisotopic (exact) mass is 389 g/mol. The first-order valence-corrected chi connectivity index (χ1v) is 9.84. The highest BCUT2D eigenvalue weighted by Crippen LogP contribution is 2.24. The van der Waals surface area contributed by atoms with Gasteiger partial charge in [-0.2, -0.15) is 0 Å². The molecule has 0 bridgehead atoms. The molecule has 2 heterocycles. The van der Waals surface area contributed by atoms with Gasteiger partial charge in [-0.3, -0.25) is 14.7 Å². The quantitative estimate of drug-likeness (QED) is 0.719. The van der Waals surface area contributed by atoms with Gasteiger partial charge in [0.25, 0.3) is 0 Å². The Kier molecular flexibility index (Phi) is 5.70. The summed E-state index contributed by atoms with van der Waals surface area (Å²) >= 11 is 0. The largest absolute Gasteiger partial charge is 0.445 e. The predicted octanol–water partition coefficient (Wildman–Crippen LogP) is 4.36. The summed E-state index contributed by atoms with van der Waals surface area (Å²) in [5.74, 6) is -0.209. The molecule has 6 nitrogen and oxygen atoms in total. The maximum atomic E-state index is 13.0. The number of pyridine rings is 1. The van der Waals surface area contributed by atoms with Gasteiger partial charge in [0.05, 0.1) is 11.2 Å². The lowest BCUT2D eigenvalue weighted by atomic mass is 10.0. The lowest BCUT2D eigenvalue weighted by molar-refractivity contribution is -0.121. The van der Waals surface area contributed by atoms with Crippen LogP contribution in [0.4, 0.5) is 10.5 Å². The van der Waals surface area contributed by atoms with Gasteiger partial charge in [-0.15, -0.1) is 0 Å². The first kappa shape index (κ1) is 18.9. The maximum Gasteiger partial charge on any atom is 0.410 e. The minimum Gasteiger partial charge on any atom is -0.445 e. The van der Waals surface area contributed by atoms with E-state index in [4.69, 9.17) is 4.74 Å². The molecule has 148 valence electrons. The fourth-order valence-electron chi connectivity index (χ4n) is 3.65. The lowest BCUT2D eigenvalue weighted by Gasteiger charge is -2.33. The highest BCUT2D eigenvalue weighted by molar-refractivity contribution is 6.03. The van der Waals surface area contributed by atoms with Crippen molar-refractivity contribution < 1.29 is 14.3 Å². The van der Waals surface area contributed by atoms with Crippen LogP contribution in [0.3, 0.4) is 0 Å². The van der Waals surface area contributed by atoms with Crippen LogP contribution in [-0.2, 0) is 16.1 Å². The summed E-state index contributed by atoms with van der Waals surface area (Å²) < 4.78 is 5.46. The Bertz CT molecular complexity index is 1000. The summed E-state index contributed by atoms with van der Waals surface area (Å²) in [6.07, 6.45) is 3.62. The number of piperidine rings is 1. The van der Waals surface area contributed by atoms with Crippen LogP contribution in [-0.4, -0.2) is 34.5 Å². The summed E-state index contributed by atoms with van der Waals surface area (Å²) in [6.45, 7) is 0.706. The van der Waals surface area contributed by atoms with E-state index in [0.717, 1.165) is 29.3 Å². The number of benzene rings is 2. The number of nitrogens with one attached hydrogen (secondary N) is 1. The third-order valence-corrected chi connectivity index (χ3v) is 5.14. The zero-order valence-corrected chi connectivity index (χ0v) is 16.1. The fourth-order valence-corrected chi connectivity index (χ4v) is 3.65. The number of amides is 2. The molecule has 6 heteroatoms. The van der Waals surface area contributed by atoms with Gasteiger partial charge in [0, 0.05) is 18.1 Å². The van der Waals surface area contributed by atoms with E-state index in [9.17, 15) is 9.59 Å². The van der Waals surface area contributed by atoms with Gasteiger partial charge < -0.3 is 10.1 Å². The van der Waals surface area contributed by atoms with Gasteiger partial charge >= 0.3 is 6.09 Å². The number of ether oxygens (including phenoxy) is 1. The molecular weight excluding hydrogens is 366 g/mol. The number of aromatic nitrogens is 1. The zero-order chi connectivity index (χ0) is 20.1. The first-order chi connectivity index (χ1) is 14.2. The Labute approximate surface area is 169 Å². The minimum absolute atomic E-state index is 0.192. The molecule has 4 rings (SSSR count). The minimum atomic E-state index is -0.550. The predicted molar refractivity (Wildman–Crippen MR) is 111 cm³/mol. The number of fused-ring (bicyclic) bond motifs is 1. The van der Waals surface area contributed by atoms with Gasteiger partial charge in [0.1, 0.15) is 12.6 Å². The summed E-state index contributed by atoms with van der Waals surface area (Å²) in [5, 5.41) is 3.91. The van der Waals surface area contributed by atoms with Crippen LogP contribution in [0, 0.1) is 0 Å². The molecule has 1 N–H and O–H groups in total. The standard InChI is InChI=1S/C23H23N3O3/c27-22(25-19-12-6-10-18-11-7-14-24-21(18)19)20-13-4-5-15-26(20)23(28)29-16-17-8-2-1-3-9-17/h1-3,6-12,14,20H,4-5,13,15-16H2,(H,25,27). The van der Waals surface area contributed by atoms with Gasteiger partial charge in [0.15, 0.2) is 0 Å². The van der Waals surface area contributed by atoms with Crippen molar-refractivity contribution >= 4 is 28.6 Å². The lowest BCUT2D eigenvalue weighted by Crippen LogP contribution is -2.50. The second-order valence-electron chi connectivity index (χ2n) is 7.12. The van der Waals surface area contributed by atoms with Crippen molar-refractivity contribution in [3.8, 4) is 0 Å². The third kappa shape index (κ3) is 4.37. The van der Waals surface area contributed by atoms with E-state index in [1.807, 2.05) is 60.7 Å². The number of carbonyl (C=O) groups excluding carboxylic acids is 2. The molecule has 1 aromatic heterocycles. The Balaban J connectivity index is 1.46. The van der Waals surface area contributed by atoms with E-state index in [1.54, 1.807) is 11.1 Å². The zero-order valence-electron chi connectivity index (χ0n) is 16.1. The molecule has 1 saturated heterocycles. The highest BCUT2D eigenvalue weighted by atomic mass is 16.6. The molecule has 1 unspecified atom stereocenters. The van der Waals surface area contributed by atoms with Crippen LogP contribution in [0.25, 0.3) is 10.9 Å². The number of hydrogen-bond acceptors (Lipinski definition) is 4. The molecule has 0 spiro atoms. The van der Waals surface area contributed by atoms with Crippen molar-refractivity contribution in [1.29, 1.82) is 0 Å².